The minimum atomic E-state index is -4.59. The minimum Gasteiger partial charge on any atom is -0.381 e. The van der Waals surface area contributed by atoms with Crippen molar-refractivity contribution in [2.45, 2.75) is 82.9 Å². The standard InChI is InChI=1S/C32H39F3N6O2/c1-6-20(2)38-23-10-21(12-25(43-5)16-29-39-37-19-40(29)4)11-24(15-23)41-18-27-26(30(41)42)13-22(14-28(27)32(33,34)35)17-36-31(3)8-7-9-31/h6,10-11,13-15,19-20,25,36,38H,1,7-9,12,16-18H2,2-5H3/t20-,25+/m0/s1. The first-order valence-electron chi connectivity index (χ1n) is 14.6. The van der Waals surface area contributed by atoms with E-state index in [0.717, 1.165) is 36.3 Å². The molecule has 2 heterocycles. The van der Waals surface area contributed by atoms with Gasteiger partial charge in [0.25, 0.3) is 5.91 Å². The van der Waals surface area contributed by atoms with Gasteiger partial charge in [-0.3, -0.25) is 4.79 Å². The van der Waals surface area contributed by atoms with Crippen LogP contribution in [-0.2, 0) is 43.9 Å². The maximum absolute atomic E-state index is 14.3. The monoisotopic (exact) mass is 596 g/mol. The lowest BCUT2D eigenvalue weighted by atomic mass is 9.78. The second-order valence-electron chi connectivity index (χ2n) is 12.0. The number of rotatable bonds is 12. The molecule has 0 spiro atoms. The zero-order valence-electron chi connectivity index (χ0n) is 25.1. The van der Waals surface area contributed by atoms with Crippen LogP contribution >= 0.6 is 0 Å². The summed E-state index contributed by atoms with van der Waals surface area (Å²) < 4.78 is 50.5. The first kappa shape index (κ1) is 30.7. The average Bonchev–Trinajstić information content (AvgIpc) is 3.51. The Hall–Kier alpha value is -3.70. The van der Waals surface area contributed by atoms with Gasteiger partial charge >= 0.3 is 6.18 Å². The lowest BCUT2D eigenvalue weighted by Crippen LogP contribution is -2.47. The SMILES string of the molecule is C=C[C@H](C)Nc1cc(C[C@H](Cc2nncn2C)OC)cc(N2Cc3c(cc(CNC4(C)CCC4)cc3C(F)(F)F)C2=O)c1. The number of methoxy groups -OCH3 is 1. The Bertz CT molecular complexity index is 1500. The van der Waals surface area contributed by atoms with Gasteiger partial charge in [0.2, 0.25) is 0 Å². The van der Waals surface area contributed by atoms with Crippen molar-refractivity contribution in [3.8, 4) is 0 Å². The third-order valence-electron chi connectivity index (χ3n) is 8.63. The number of nitrogens with zero attached hydrogens (tertiary/aromatic N) is 4. The van der Waals surface area contributed by atoms with Crippen molar-refractivity contribution in [1.82, 2.24) is 20.1 Å². The van der Waals surface area contributed by atoms with Gasteiger partial charge in [0, 0.05) is 55.6 Å². The molecule has 0 bridgehead atoms. The highest BCUT2D eigenvalue weighted by atomic mass is 19.4. The zero-order valence-corrected chi connectivity index (χ0v) is 25.1. The van der Waals surface area contributed by atoms with Crippen molar-refractivity contribution >= 4 is 17.3 Å². The quantitative estimate of drug-likeness (QED) is 0.257. The first-order valence-corrected chi connectivity index (χ1v) is 14.6. The van der Waals surface area contributed by atoms with E-state index in [9.17, 15) is 18.0 Å². The van der Waals surface area contributed by atoms with E-state index in [2.05, 4.69) is 34.3 Å². The number of ether oxygens (including phenoxy) is 1. The highest BCUT2D eigenvalue weighted by molar-refractivity contribution is 6.10. The molecule has 2 aliphatic rings. The molecule has 2 aromatic carbocycles. The first-order chi connectivity index (χ1) is 20.4. The molecule has 0 radical (unpaired) electrons. The van der Waals surface area contributed by atoms with Gasteiger partial charge in [0.05, 0.1) is 18.2 Å². The smallest absolute Gasteiger partial charge is 0.381 e. The maximum atomic E-state index is 14.3. The molecule has 5 rings (SSSR count). The fourth-order valence-electron chi connectivity index (χ4n) is 5.78. The van der Waals surface area contributed by atoms with E-state index in [0.29, 0.717) is 24.1 Å². The molecule has 1 amide bonds. The summed E-state index contributed by atoms with van der Waals surface area (Å²) in [5, 5.41) is 14.8. The van der Waals surface area contributed by atoms with Crippen LogP contribution in [0, 0.1) is 0 Å². The third-order valence-corrected chi connectivity index (χ3v) is 8.63. The molecule has 1 aromatic heterocycles. The fraction of sp³-hybridized carbons (Fsp3) is 0.469. The Balaban J connectivity index is 1.47. The molecule has 1 aliphatic carbocycles. The number of nitrogens with one attached hydrogen (secondary N) is 2. The van der Waals surface area contributed by atoms with Crippen LogP contribution in [0.1, 0.15) is 71.5 Å². The van der Waals surface area contributed by atoms with Gasteiger partial charge < -0.3 is 24.8 Å². The Morgan fingerprint density at radius 1 is 1.16 bits per heavy atom. The number of fused-ring (bicyclic) bond motifs is 1. The highest BCUT2D eigenvalue weighted by Crippen LogP contribution is 2.40. The van der Waals surface area contributed by atoms with Crippen molar-refractivity contribution in [2.75, 3.05) is 17.3 Å². The Labute approximate surface area is 250 Å². The molecule has 1 fully saturated rings. The molecule has 11 heteroatoms. The number of alkyl halides is 3. The van der Waals surface area contributed by atoms with E-state index in [4.69, 9.17) is 4.74 Å². The van der Waals surface area contributed by atoms with E-state index in [-0.39, 0.29) is 41.9 Å². The normalized spacial score (nSPS) is 17.4. The Kier molecular flexibility index (Phi) is 8.67. The van der Waals surface area contributed by atoms with E-state index in [1.165, 1.54) is 11.0 Å². The number of carbonyl (C=O) groups excluding carboxylic acids is 1. The molecule has 1 aliphatic heterocycles. The van der Waals surface area contributed by atoms with Gasteiger partial charge in [-0.05, 0) is 86.6 Å². The van der Waals surface area contributed by atoms with Crippen LogP contribution in [0.4, 0.5) is 24.5 Å². The maximum Gasteiger partial charge on any atom is 0.416 e. The molecule has 8 nitrogen and oxygen atoms in total. The van der Waals surface area contributed by atoms with Crippen LogP contribution in [0.25, 0.3) is 0 Å². The fourth-order valence-corrected chi connectivity index (χ4v) is 5.78. The summed E-state index contributed by atoms with van der Waals surface area (Å²) in [6.45, 7) is 7.96. The summed E-state index contributed by atoms with van der Waals surface area (Å²) in [7, 11) is 3.49. The van der Waals surface area contributed by atoms with Crippen LogP contribution in [-0.4, -0.2) is 45.5 Å². The number of aryl methyl sites for hydroxylation is 1. The number of hydrogen-bond donors (Lipinski definition) is 2. The van der Waals surface area contributed by atoms with E-state index in [1.807, 2.05) is 30.7 Å². The van der Waals surface area contributed by atoms with Gasteiger partial charge in [-0.25, -0.2) is 0 Å². The number of carbonyl (C=O) groups is 1. The van der Waals surface area contributed by atoms with Crippen molar-refractivity contribution in [3.05, 3.63) is 83.0 Å². The molecule has 0 saturated heterocycles. The predicted molar refractivity (Wildman–Crippen MR) is 160 cm³/mol. The molecule has 1 saturated carbocycles. The number of hydrogen-bond acceptors (Lipinski definition) is 6. The second-order valence-corrected chi connectivity index (χ2v) is 12.0. The van der Waals surface area contributed by atoms with Gasteiger partial charge in [0.1, 0.15) is 12.2 Å². The van der Waals surface area contributed by atoms with Gasteiger partial charge in [-0.1, -0.05) is 6.08 Å². The predicted octanol–water partition coefficient (Wildman–Crippen LogP) is 5.81. The van der Waals surface area contributed by atoms with Crippen molar-refractivity contribution in [3.63, 3.8) is 0 Å². The molecule has 0 unspecified atom stereocenters. The summed E-state index contributed by atoms with van der Waals surface area (Å²) in [6.07, 6.45) is 2.63. The molecule has 2 atom stereocenters. The van der Waals surface area contributed by atoms with Crippen LogP contribution < -0.4 is 15.5 Å². The average molecular weight is 597 g/mol. The topological polar surface area (TPSA) is 84.3 Å². The van der Waals surface area contributed by atoms with Gasteiger partial charge in [-0.2, -0.15) is 13.2 Å². The number of amides is 1. The Morgan fingerprint density at radius 2 is 1.93 bits per heavy atom. The lowest BCUT2D eigenvalue weighted by molar-refractivity contribution is -0.138. The molecule has 3 aromatic rings. The van der Waals surface area contributed by atoms with Crippen LogP contribution in [0.3, 0.4) is 0 Å². The molecular formula is C32H39F3N6O2. The Morgan fingerprint density at radius 3 is 2.53 bits per heavy atom. The zero-order chi connectivity index (χ0) is 30.9. The van der Waals surface area contributed by atoms with Crippen molar-refractivity contribution < 1.29 is 22.7 Å². The number of anilines is 2. The summed E-state index contributed by atoms with van der Waals surface area (Å²) in [5.74, 6) is 0.322. The van der Waals surface area contributed by atoms with Crippen LogP contribution in [0.5, 0.6) is 0 Å². The van der Waals surface area contributed by atoms with Crippen LogP contribution in [0.2, 0.25) is 0 Å². The van der Waals surface area contributed by atoms with Crippen molar-refractivity contribution in [2.24, 2.45) is 7.05 Å². The summed E-state index contributed by atoms with van der Waals surface area (Å²) in [5.41, 5.74) is 1.84. The van der Waals surface area contributed by atoms with Gasteiger partial charge in [0.15, 0.2) is 0 Å². The largest absolute Gasteiger partial charge is 0.416 e. The number of aromatic nitrogens is 3. The summed E-state index contributed by atoms with van der Waals surface area (Å²) in [6, 6.07) is 8.35. The number of halogens is 3. The highest BCUT2D eigenvalue weighted by Gasteiger charge is 2.41. The minimum absolute atomic E-state index is 0.00697. The summed E-state index contributed by atoms with van der Waals surface area (Å²) >= 11 is 0. The van der Waals surface area contributed by atoms with E-state index < -0.39 is 17.6 Å². The molecular weight excluding hydrogens is 557 g/mol. The van der Waals surface area contributed by atoms with Gasteiger partial charge in [-0.15, -0.1) is 16.8 Å². The molecule has 2 N–H and O–H groups in total. The molecule has 43 heavy (non-hydrogen) atoms. The second kappa shape index (κ2) is 12.1. The van der Waals surface area contributed by atoms with Crippen LogP contribution in [0.15, 0.2) is 49.3 Å². The van der Waals surface area contributed by atoms with Crippen molar-refractivity contribution in [1.29, 1.82) is 0 Å². The lowest BCUT2D eigenvalue weighted by Gasteiger charge is -2.39. The molecule has 230 valence electrons. The van der Waals surface area contributed by atoms with E-state index in [1.54, 1.807) is 31.6 Å². The number of benzene rings is 2. The summed E-state index contributed by atoms with van der Waals surface area (Å²) in [4.78, 5) is 15.2. The third kappa shape index (κ3) is 6.78. The van der Waals surface area contributed by atoms with E-state index >= 15 is 0 Å².